The molecule has 0 saturated carbocycles. The molecule has 0 aliphatic carbocycles. The minimum atomic E-state index is -0.364. The lowest BCUT2D eigenvalue weighted by molar-refractivity contribution is 0.645. The third-order valence-corrected chi connectivity index (χ3v) is 8.00. The Balaban J connectivity index is 1.80. The van der Waals surface area contributed by atoms with Crippen molar-refractivity contribution in [1.82, 2.24) is 0 Å². The van der Waals surface area contributed by atoms with Crippen molar-refractivity contribution in [2.75, 3.05) is 16.8 Å². The summed E-state index contributed by atoms with van der Waals surface area (Å²) in [6.07, 6.45) is 0. The van der Waals surface area contributed by atoms with Crippen molar-refractivity contribution >= 4 is 40.5 Å². The molecule has 0 bridgehead atoms. The Morgan fingerprint density at radius 2 is 1.08 bits per heavy atom. The average molecular weight is 500 g/mol. The van der Waals surface area contributed by atoms with Crippen molar-refractivity contribution in [2.45, 2.75) is 19.3 Å². The van der Waals surface area contributed by atoms with E-state index in [9.17, 15) is 21.0 Å². The van der Waals surface area contributed by atoms with Crippen LogP contribution in [0.15, 0.2) is 72.8 Å². The number of nitrogens with zero attached hydrogens (tertiary/aromatic N) is 6. The van der Waals surface area contributed by atoms with Crippen molar-refractivity contribution in [2.24, 2.45) is 0 Å². The van der Waals surface area contributed by atoms with E-state index >= 15 is 0 Å². The first-order valence-corrected chi connectivity index (χ1v) is 12.5. The van der Waals surface area contributed by atoms with E-state index in [4.69, 9.17) is 0 Å². The molecular weight excluding hydrogens is 479 g/mol. The maximum absolute atomic E-state index is 10.3. The summed E-state index contributed by atoms with van der Waals surface area (Å²) in [5, 5.41) is 40.2. The Kier molecular flexibility index (Phi) is 5.22. The van der Waals surface area contributed by atoms with Crippen molar-refractivity contribution in [3.63, 3.8) is 0 Å². The van der Waals surface area contributed by atoms with Gasteiger partial charge < -0.3 is 9.71 Å². The Labute approximate surface area is 227 Å². The van der Waals surface area contributed by atoms with Gasteiger partial charge in [0.15, 0.2) is 0 Å². The minimum Gasteiger partial charge on any atom is -0.371 e. The standard InChI is InChI=1S/C32H21BN6/c1-32(2)24-8-4-6-10-26(24)33(27-11-7-5-9-25(27)32)39-30-22(18-36)12-20(16-34)14-28(30)38(3)29-15-21(17-35)13-23(19-37)31(29)39/h4-15H,1-3H3. The topological polar surface area (TPSA) is 102 Å². The van der Waals surface area contributed by atoms with E-state index in [1.807, 2.05) is 36.2 Å². The van der Waals surface area contributed by atoms with Gasteiger partial charge in [-0.3, -0.25) is 0 Å². The molecular formula is C32H21BN6. The van der Waals surface area contributed by atoms with Crippen LogP contribution in [0.4, 0.5) is 22.7 Å². The SMILES string of the molecule is CN1c2cc(C#N)cc(C#N)c2N(B2c3ccccc3C(C)(C)c3ccccc32)c2c(C#N)cc(C#N)cc21. The molecule has 4 aromatic rings. The summed E-state index contributed by atoms with van der Waals surface area (Å²) < 4.78 is 0. The molecule has 0 amide bonds. The molecule has 0 fully saturated rings. The lowest BCUT2D eigenvalue weighted by Gasteiger charge is -2.47. The van der Waals surface area contributed by atoms with Gasteiger partial charge in [0.1, 0.15) is 12.1 Å². The zero-order valence-electron chi connectivity index (χ0n) is 21.7. The predicted octanol–water partition coefficient (Wildman–Crippen LogP) is 4.84. The van der Waals surface area contributed by atoms with E-state index in [2.05, 4.69) is 67.2 Å². The predicted molar refractivity (Wildman–Crippen MR) is 152 cm³/mol. The molecule has 0 unspecified atom stereocenters. The quantitative estimate of drug-likeness (QED) is 0.347. The van der Waals surface area contributed by atoms with Crippen LogP contribution in [0.2, 0.25) is 0 Å². The van der Waals surface area contributed by atoms with Crippen LogP contribution >= 0.6 is 0 Å². The van der Waals surface area contributed by atoms with Crippen molar-refractivity contribution < 1.29 is 0 Å². The van der Waals surface area contributed by atoms with Crippen LogP contribution in [0.3, 0.4) is 0 Å². The molecule has 0 N–H and O–H groups in total. The zero-order valence-corrected chi connectivity index (χ0v) is 21.7. The Hall–Kier alpha value is -5.50. The van der Waals surface area contributed by atoms with Gasteiger partial charge in [-0.15, -0.1) is 0 Å². The fraction of sp³-hybridized carbons (Fsp3) is 0.125. The molecule has 0 radical (unpaired) electrons. The lowest BCUT2D eigenvalue weighted by atomic mass is 9.40. The summed E-state index contributed by atoms with van der Waals surface area (Å²) in [5.41, 5.74) is 8.19. The molecule has 6 rings (SSSR count). The van der Waals surface area contributed by atoms with E-state index in [0.717, 1.165) is 22.1 Å². The van der Waals surface area contributed by atoms with Crippen LogP contribution < -0.4 is 20.6 Å². The molecule has 0 spiro atoms. The normalized spacial score (nSPS) is 14.0. The largest absolute Gasteiger partial charge is 0.371 e. The van der Waals surface area contributed by atoms with Crippen LogP contribution in [0, 0.1) is 45.3 Å². The van der Waals surface area contributed by atoms with E-state index in [1.165, 1.54) is 0 Å². The highest BCUT2D eigenvalue weighted by Gasteiger charge is 2.46. The van der Waals surface area contributed by atoms with Gasteiger partial charge in [-0.1, -0.05) is 62.4 Å². The van der Waals surface area contributed by atoms with E-state index < -0.39 is 0 Å². The summed E-state index contributed by atoms with van der Waals surface area (Å²) in [7, 11) is 1.84. The highest BCUT2D eigenvalue weighted by Crippen LogP contribution is 2.52. The summed E-state index contributed by atoms with van der Waals surface area (Å²) in [5.74, 6) is 0. The van der Waals surface area contributed by atoms with Crippen LogP contribution in [0.1, 0.15) is 47.2 Å². The molecule has 2 heterocycles. The van der Waals surface area contributed by atoms with Gasteiger partial charge >= 0.3 is 6.85 Å². The van der Waals surface area contributed by atoms with Crippen molar-refractivity contribution in [1.29, 1.82) is 21.0 Å². The second-order valence-electron chi connectivity index (χ2n) is 10.4. The summed E-state index contributed by atoms with van der Waals surface area (Å²) >= 11 is 0. The van der Waals surface area contributed by atoms with Gasteiger partial charge in [0.2, 0.25) is 0 Å². The molecule has 2 aliphatic rings. The Bertz CT molecular complexity index is 1750. The molecule has 182 valence electrons. The monoisotopic (exact) mass is 500 g/mol. The second-order valence-corrected chi connectivity index (χ2v) is 10.4. The number of hydrogen-bond donors (Lipinski definition) is 0. The first-order chi connectivity index (χ1) is 18.8. The smallest absolute Gasteiger partial charge is 0.328 e. The van der Waals surface area contributed by atoms with Crippen LogP contribution in [-0.2, 0) is 5.41 Å². The fourth-order valence-corrected chi connectivity index (χ4v) is 6.26. The third kappa shape index (κ3) is 3.25. The number of nitriles is 4. The van der Waals surface area contributed by atoms with Gasteiger partial charge in [0.25, 0.3) is 0 Å². The van der Waals surface area contributed by atoms with Gasteiger partial charge in [0.05, 0.1) is 57.1 Å². The average Bonchev–Trinajstić information content (AvgIpc) is 2.97. The van der Waals surface area contributed by atoms with Gasteiger partial charge in [-0.05, 0) is 46.3 Å². The fourth-order valence-electron chi connectivity index (χ4n) is 6.26. The van der Waals surface area contributed by atoms with Crippen molar-refractivity contribution in [3.8, 4) is 24.3 Å². The number of rotatable bonds is 1. The Morgan fingerprint density at radius 3 is 1.49 bits per heavy atom. The third-order valence-electron chi connectivity index (χ3n) is 8.00. The molecule has 39 heavy (non-hydrogen) atoms. The van der Waals surface area contributed by atoms with Crippen LogP contribution in [0.5, 0.6) is 0 Å². The molecule has 0 saturated heterocycles. The number of benzene rings is 4. The lowest BCUT2D eigenvalue weighted by Crippen LogP contribution is -2.63. The maximum atomic E-state index is 10.3. The summed E-state index contributed by atoms with van der Waals surface area (Å²) in [4.78, 5) is 3.95. The van der Waals surface area contributed by atoms with Gasteiger partial charge in [-0.2, -0.15) is 21.0 Å². The van der Waals surface area contributed by atoms with Crippen LogP contribution in [0.25, 0.3) is 0 Å². The zero-order chi connectivity index (χ0) is 27.5. The highest BCUT2D eigenvalue weighted by molar-refractivity contribution is 6.90. The molecule has 2 aliphatic heterocycles. The van der Waals surface area contributed by atoms with Gasteiger partial charge in [0, 0.05) is 12.5 Å². The molecule has 6 nitrogen and oxygen atoms in total. The van der Waals surface area contributed by atoms with E-state index in [1.54, 1.807) is 24.3 Å². The molecule has 0 aromatic heterocycles. The second kappa shape index (κ2) is 8.53. The van der Waals surface area contributed by atoms with Crippen molar-refractivity contribution in [3.05, 3.63) is 106 Å². The first kappa shape index (κ1) is 23.9. The number of hydrogen-bond acceptors (Lipinski definition) is 6. The van der Waals surface area contributed by atoms with E-state index in [-0.39, 0.29) is 12.3 Å². The number of anilines is 4. The summed E-state index contributed by atoms with van der Waals surface area (Å²) in [6.45, 7) is 4.07. The number of fused-ring (bicyclic) bond motifs is 4. The minimum absolute atomic E-state index is 0.270. The van der Waals surface area contributed by atoms with Gasteiger partial charge in [-0.25, -0.2) is 0 Å². The molecule has 0 atom stereocenters. The first-order valence-electron chi connectivity index (χ1n) is 12.5. The maximum Gasteiger partial charge on any atom is 0.328 e. The van der Waals surface area contributed by atoms with E-state index in [0.29, 0.717) is 45.0 Å². The Morgan fingerprint density at radius 1 is 0.641 bits per heavy atom. The summed E-state index contributed by atoms with van der Waals surface area (Å²) in [6, 6.07) is 32.3. The highest BCUT2D eigenvalue weighted by atomic mass is 15.2. The van der Waals surface area contributed by atoms with Crippen LogP contribution in [-0.4, -0.2) is 13.9 Å². The molecule has 4 aromatic carbocycles. The molecule has 7 heteroatoms.